The van der Waals surface area contributed by atoms with E-state index < -0.39 is 0 Å². The molecule has 4 bridgehead atoms. The quantitative estimate of drug-likeness (QED) is 0.382. The zero-order valence-corrected chi connectivity index (χ0v) is 18.8. The summed E-state index contributed by atoms with van der Waals surface area (Å²) < 4.78 is 0. The number of fused-ring (bicyclic) bond motifs is 5. The van der Waals surface area contributed by atoms with E-state index in [1.54, 1.807) is 0 Å². The van der Waals surface area contributed by atoms with Crippen molar-refractivity contribution >= 4 is 0 Å². The molecule has 0 aromatic carbocycles. The Balaban J connectivity index is 1.29. The van der Waals surface area contributed by atoms with E-state index in [1.807, 2.05) is 0 Å². The van der Waals surface area contributed by atoms with Crippen LogP contribution in [0.2, 0.25) is 0 Å². The molecular formula is C23H43N7. The van der Waals surface area contributed by atoms with Crippen molar-refractivity contribution in [2.75, 3.05) is 39.8 Å². The predicted octanol–water partition coefficient (Wildman–Crippen LogP) is 0.0557. The Hall–Kier alpha value is -0.280. The third-order valence-electron chi connectivity index (χ3n) is 9.22. The van der Waals surface area contributed by atoms with Gasteiger partial charge in [0.05, 0.1) is 6.17 Å². The molecule has 170 valence electrons. The van der Waals surface area contributed by atoms with Crippen LogP contribution in [-0.4, -0.2) is 92.1 Å². The number of hydrazine groups is 1. The molecule has 7 nitrogen and oxygen atoms in total. The Morgan fingerprint density at radius 2 is 1.70 bits per heavy atom. The summed E-state index contributed by atoms with van der Waals surface area (Å²) in [7, 11) is 2.33. The molecule has 5 N–H and O–H groups in total. The third-order valence-corrected chi connectivity index (χ3v) is 9.22. The van der Waals surface area contributed by atoms with Gasteiger partial charge < -0.3 is 15.5 Å². The highest BCUT2D eigenvalue weighted by molar-refractivity contribution is 5.08. The van der Waals surface area contributed by atoms with E-state index in [9.17, 15) is 0 Å². The number of piperidine rings is 1. The van der Waals surface area contributed by atoms with Crippen molar-refractivity contribution in [3.8, 4) is 0 Å². The molecule has 5 saturated heterocycles. The maximum absolute atomic E-state index is 4.13. The monoisotopic (exact) mass is 417 g/mol. The lowest BCUT2D eigenvalue weighted by molar-refractivity contribution is 0.0601. The molecule has 30 heavy (non-hydrogen) atoms. The number of hydrogen-bond donors (Lipinski definition) is 5. The average Bonchev–Trinajstić information content (AvgIpc) is 3.35. The molecule has 1 saturated carbocycles. The highest BCUT2D eigenvalue weighted by Gasteiger charge is 2.53. The molecular weight excluding hydrogens is 374 g/mol. The van der Waals surface area contributed by atoms with Crippen molar-refractivity contribution < 1.29 is 0 Å². The van der Waals surface area contributed by atoms with Gasteiger partial charge in [-0.15, -0.1) is 0 Å². The first-order valence-corrected chi connectivity index (χ1v) is 12.9. The molecule has 0 spiro atoms. The molecule has 0 aromatic heterocycles. The molecule has 5 heterocycles. The fourth-order valence-electron chi connectivity index (χ4n) is 7.97. The topological polar surface area (TPSA) is 66.6 Å². The first kappa shape index (κ1) is 20.3. The number of nitrogens with one attached hydrogen (secondary N) is 5. The van der Waals surface area contributed by atoms with Gasteiger partial charge in [-0.3, -0.25) is 16.1 Å². The summed E-state index contributed by atoms with van der Waals surface area (Å²) in [6.07, 6.45) is 11.2. The standard InChI is InChI=1S/C23H43N7/c1-29-10-8-20-23-22-17(4-2-6-19(22)28-30(23)11-9-24-20)18-5-3-7-21(27-18)26-15-12-16(14-29)25-13-15/h15-28H,2-14H2,1H3/t15-,16-,17?,18?,19?,20?,21?,22?,23?/m0/s1. The summed E-state index contributed by atoms with van der Waals surface area (Å²) in [6, 6.07) is 3.92. The molecule has 1 aliphatic carbocycles. The van der Waals surface area contributed by atoms with Crippen LogP contribution in [0.3, 0.4) is 0 Å². The fraction of sp³-hybridized carbons (Fsp3) is 1.00. The van der Waals surface area contributed by atoms with Gasteiger partial charge in [0, 0.05) is 62.4 Å². The zero-order valence-electron chi connectivity index (χ0n) is 18.8. The molecule has 5 aliphatic heterocycles. The van der Waals surface area contributed by atoms with Gasteiger partial charge in [-0.1, -0.05) is 6.42 Å². The van der Waals surface area contributed by atoms with Crippen LogP contribution in [0.4, 0.5) is 0 Å². The Labute approximate surface area is 182 Å². The summed E-state index contributed by atoms with van der Waals surface area (Å²) in [4.78, 5) is 2.58. The van der Waals surface area contributed by atoms with Crippen molar-refractivity contribution in [1.29, 1.82) is 0 Å². The number of rotatable bonds is 0. The van der Waals surface area contributed by atoms with Crippen molar-refractivity contribution in [3.63, 3.8) is 0 Å². The molecule has 0 aromatic rings. The van der Waals surface area contributed by atoms with Gasteiger partial charge in [-0.25, -0.2) is 5.01 Å². The summed E-state index contributed by atoms with van der Waals surface area (Å²) >= 11 is 0. The Morgan fingerprint density at radius 3 is 2.67 bits per heavy atom. The maximum Gasteiger partial charge on any atom is 0.0576 e. The van der Waals surface area contributed by atoms with Crippen molar-refractivity contribution in [2.24, 2.45) is 11.8 Å². The summed E-state index contributed by atoms with van der Waals surface area (Å²) in [5.41, 5.74) is 3.99. The lowest BCUT2D eigenvalue weighted by Gasteiger charge is -2.47. The van der Waals surface area contributed by atoms with Crippen molar-refractivity contribution in [3.05, 3.63) is 0 Å². The largest absolute Gasteiger partial charge is 0.311 e. The van der Waals surface area contributed by atoms with E-state index in [0.717, 1.165) is 31.5 Å². The number of likely N-dealkylation sites (N-methyl/N-ethyl adjacent to an activating group) is 1. The summed E-state index contributed by atoms with van der Waals surface area (Å²) in [5, 5.41) is 18.5. The van der Waals surface area contributed by atoms with Gasteiger partial charge in [0.2, 0.25) is 0 Å². The summed E-state index contributed by atoms with van der Waals surface area (Å²) in [5.74, 6) is 1.61. The van der Waals surface area contributed by atoms with Gasteiger partial charge in [0.15, 0.2) is 0 Å². The normalized spacial score (nSPS) is 50.5. The van der Waals surface area contributed by atoms with Gasteiger partial charge in [-0.2, -0.15) is 0 Å². The van der Waals surface area contributed by atoms with Crippen molar-refractivity contribution in [2.45, 2.75) is 93.8 Å². The highest BCUT2D eigenvalue weighted by atomic mass is 15.6. The van der Waals surface area contributed by atoms with Crippen LogP contribution >= 0.6 is 0 Å². The van der Waals surface area contributed by atoms with Crippen LogP contribution in [0.1, 0.15) is 51.4 Å². The van der Waals surface area contributed by atoms with E-state index >= 15 is 0 Å². The van der Waals surface area contributed by atoms with Crippen molar-refractivity contribution in [1.82, 2.24) is 36.6 Å². The van der Waals surface area contributed by atoms with Crippen LogP contribution in [-0.2, 0) is 0 Å². The van der Waals surface area contributed by atoms with Crippen LogP contribution in [0.5, 0.6) is 0 Å². The summed E-state index contributed by atoms with van der Waals surface area (Å²) in [6.45, 7) is 5.78. The minimum atomic E-state index is 0.503. The maximum atomic E-state index is 4.13. The van der Waals surface area contributed by atoms with E-state index in [2.05, 4.69) is 43.6 Å². The van der Waals surface area contributed by atoms with Crippen LogP contribution in [0.25, 0.3) is 0 Å². The van der Waals surface area contributed by atoms with Crippen LogP contribution < -0.4 is 26.7 Å². The minimum Gasteiger partial charge on any atom is -0.311 e. The first-order chi connectivity index (χ1) is 14.7. The number of hydrogen-bond acceptors (Lipinski definition) is 7. The molecule has 6 aliphatic rings. The van der Waals surface area contributed by atoms with E-state index in [0.29, 0.717) is 42.4 Å². The van der Waals surface area contributed by atoms with Gasteiger partial charge in [-0.05, 0) is 70.4 Å². The molecule has 6 fully saturated rings. The van der Waals surface area contributed by atoms with Gasteiger partial charge >= 0.3 is 0 Å². The van der Waals surface area contributed by atoms with Gasteiger partial charge in [0.25, 0.3) is 0 Å². The van der Waals surface area contributed by atoms with Crippen LogP contribution in [0, 0.1) is 11.8 Å². The Kier molecular flexibility index (Phi) is 5.81. The third kappa shape index (κ3) is 3.85. The smallest absolute Gasteiger partial charge is 0.0576 e. The number of nitrogens with zero attached hydrogens (tertiary/aromatic N) is 2. The molecule has 0 amide bonds. The highest BCUT2D eigenvalue weighted by Crippen LogP contribution is 2.44. The Morgan fingerprint density at radius 1 is 0.800 bits per heavy atom. The van der Waals surface area contributed by atoms with E-state index in [4.69, 9.17) is 0 Å². The molecule has 9 atom stereocenters. The van der Waals surface area contributed by atoms with E-state index in [-0.39, 0.29) is 0 Å². The predicted molar refractivity (Wildman–Crippen MR) is 120 cm³/mol. The number of piperazine rings is 1. The second-order valence-electron chi connectivity index (χ2n) is 11.2. The Bertz CT molecular complexity index is 602. The van der Waals surface area contributed by atoms with E-state index in [1.165, 1.54) is 64.5 Å². The molecule has 6 rings (SSSR count). The fourth-order valence-corrected chi connectivity index (χ4v) is 7.97. The molecule has 7 heteroatoms. The molecule has 7 unspecified atom stereocenters. The minimum absolute atomic E-state index is 0.503. The second-order valence-corrected chi connectivity index (χ2v) is 11.2. The zero-order chi connectivity index (χ0) is 20.1. The first-order valence-electron chi connectivity index (χ1n) is 12.9. The lowest BCUT2D eigenvalue weighted by Crippen LogP contribution is -2.62. The lowest BCUT2D eigenvalue weighted by atomic mass is 9.67. The van der Waals surface area contributed by atoms with Crippen LogP contribution in [0.15, 0.2) is 0 Å². The SMILES string of the molecule is CN1CCC2NCCN3NC4CCCC(C5CCCC(N5)N[C@@H]5CN[C@@H](C5)C1)C4C23. The van der Waals surface area contributed by atoms with Gasteiger partial charge in [0.1, 0.15) is 0 Å². The average molecular weight is 418 g/mol. The molecule has 0 radical (unpaired) electrons. The second kappa shape index (κ2) is 8.58.